The van der Waals surface area contributed by atoms with Gasteiger partial charge in [0.25, 0.3) is 0 Å². The summed E-state index contributed by atoms with van der Waals surface area (Å²) in [5, 5.41) is 9.14. The van der Waals surface area contributed by atoms with Gasteiger partial charge in [-0.3, -0.25) is 0 Å². The molecule has 1 N–H and O–H groups in total. The Morgan fingerprint density at radius 1 is 1.05 bits per heavy atom. The van der Waals surface area contributed by atoms with Crippen LogP contribution in [0, 0.1) is 0 Å². The molecule has 0 radical (unpaired) electrons. The molecule has 0 heterocycles. The van der Waals surface area contributed by atoms with Gasteiger partial charge in [0.15, 0.2) is 0 Å². The number of unbranched alkanes of at least 4 members (excludes halogenated alkanes) is 5. The van der Waals surface area contributed by atoms with E-state index in [4.69, 9.17) is 9.84 Å². The van der Waals surface area contributed by atoms with Crippen molar-refractivity contribution in [2.75, 3.05) is 6.61 Å². The number of rotatable bonds is 10. The van der Waals surface area contributed by atoms with Crippen LogP contribution in [0.1, 0.15) is 62.2 Å². The highest BCUT2D eigenvalue weighted by Gasteiger charge is 2.05. The molecule has 0 aliphatic carbocycles. The molecule has 0 spiro atoms. The lowest BCUT2D eigenvalue weighted by molar-refractivity contribution is 0.0511. The van der Waals surface area contributed by atoms with E-state index in [-0.39, 0.29) is 11.7 Å². The summed E-state index contributed by atoms with van der Waals surface area (Å²) in [7, 11) is 0. The summed E-state index contributed by atoms with van der Waals surface area (Å²) >= 11 is 0. The first-order valence-electron chi connectivity index (χ1n) is 7.85. The van der Waals surface area contributed by atoms with Gasteiger partial charge in [-0.2, -0.15) is 0 Å². The van der Waals surface area contributed by atoms with E-state index in [2.05, 4.69) is 19.1 Å². The molecular weight excluding hydrogens is 264 g/mol. The third-order valence-electron chi connectivity index (χ3n) is 3.26. The average Bonchev–Trinajstić information content (AvgIpc) is 2.49. The number of carbonyl (C=O) groups is 1. The Labute approximate surface area is 127 Å². The van der Waals surface area contributed by atoms with Crippen molar-refractivity contribution in [2.24, 2.45) is 0 Å². The van der Waals surface area contributed by atoms with Gasteiger partial charge in [-0.25, -0.2) is 4.79 Å². The number of phenolic OH excluding ortho intramolecular Hbond substituents is 1. The fourth-order valence-electron chi connectivity index (χ4n) is 2.00. The molecule has 0 saturated heterocycles. The summed E-state index contributed by atoms with van der Waals surface area (Å²) < 4.78 is 5.16. The maximum absolute atomic E-state index is 11.7. The van der Waals surface area contributed by atoms with Crippen LogP contribution in [-0.4, -0.2) is 17.7 Å². The van der Waals surface area contributed by atoms with E-state index < -0.39 is 0 Å². The Hall–Kier alpha value is -1.77. The van der Waals surface area contributed by atoms with E-state index in [1.165, 1.54) is 44.2 Å². The molecule has 21 heavy (non-hydrogen) atoms. The molecule has 0 fully saturated rings. The number of allylic oxidation sites excluding steroid dienone is 1. The highest BCUT2D eigenvalue weighted by molar-refractivity contribution is 5.89. The standard InChI is InChI=1S/C18H26O3/c1-2-3-4-5-6-7-8-9-10-15-21-18(20)16-11-13-17(19)14-12-16/h8-9,11-14,19H,2-7,10,15H2,1H3/b9-8+. The zero-order valence-electron chi connectivity index (χ0n) is 12.9. The molecule has 0 aliphatic rings. The van der Waals surface area contributed by atoms with Gasteiger partial charge in [0.1, 0.15) is 5.75 Å². The normalized spacial score (nSPS) is 10.9. The minimum absolute atomic E-state index is 0.147. The van der Waals surface area contributed by atoms with Crippen molar-refractivity contribution in [3.63, 3.8) is 0 Å². The second-order valence-corrected chi connectivity index (χ2v) is 5.15. The Morgan fingerprint density at radius 2 is 1.71 bits per heavy atom. The number of hydrogen-bond acceptors (Lipinski definition) is 3. The van der Waals surface area contributed by atoms with Gasteiger partial charge in [-0.05, 0) is 43.5 Å². The lowest BCUT2D eigenvalue weighted by Crippen LogP contribution is -2.05. The zero-order valence-corrected chi connectivity index (χ0v) is 12.9. The highest BCUT2D eigenvalue weighted by Crippen LogP contribution is 2.10. The molecule has 0 aliphatic heterocycles. The Morgan fingerprint density at radius 3 is 2.43 bits per heavy atom. The van der Waals surface area contributed by atoms with Crippen molar-refractivity contribution in [1.82, 2.24) is 0 Å². The Bertz CT molecular complexity index is 421. The molecule has 1 aromatic rings. The summed E-state index contributed by atoms with van der Waals surface area (Å²) in [6.45, 7) is 2.62. The zero-order chi connectivity index (χ0) is 15.3. The molecule has 0 unspecified atom stereocenters. The molecule has 0 amide bonds. The van der Waals surface area contributed by atoms with Gasteiger partial charge in [0, 0.05) is 0 Å². The number of hydrogen-bond donors (Lipinski definition) is 1. The molecule has 3 nitrogen and oxygen atoms in total. The van der Waals surface area contributed by atoms with Crippen LogP contribution in [0.4, 0.5) is 0 Å². The predicted octanol–water partition coefficient (Wildman–Crippen LogP) is 4.86. The van der Waals surface area contributed by atoms with Crippen LogP contribution in [0.15, 0.2) is 36.4 Å². The smallest absolute Gasteiger partial charge is 0.338 e. The quantitative estimate of drug-likeness (QED) is 0.380. The molecule has 0 bridgehead atoms. The van der Waals surface area contributed by atoms with Gasteiger partial charge in [0.2, 0.25) is 0 Å². The van der Waals surface area contributed by atoms with E-state index in [0.29, 0.717) is 12.2 Å². The molecule has 0 saturated carbocycles. The van der Waals surface area contributed by atoms with Crippen LogP contribution < -0.4 is 0 Å². The topological polar surface area (TPSA) is 46.5 Å². The van der Waals surface area contributed by atoms with Gasteiger partial charge in [-0.15, -0.1) is 0 Å². The van der Waals surface area contributed by atoms with Gasteiger partial charge in [-0.1, -0.05) is 44.8 Å². The van der Waals surface area contributed by atoms with E-state index in [1.807, 2.05) is 0 Å². The lowest BCUT2D eigenvalue weighted by atomic mass is 10.1. The maximum Gasteiger partial charge on any atom is 0.338 e. The number of esters is 1. The van der Waals surface area contributed by atoms with Crippen LogP contribution in [-0.2, 0) is 4.74 Å². The number of benzene rings is 1. The summed E-state index contributed by atoms with van der Waals surface area (Å²) in [5.41, 5.74) is 0.465. The monoisotopic (exact) mass is 290 g/mol. The minimum Gasteiger partial charge on any atom is -0.508 e. The number of ether oxygens (including phenoxy) is 1. The SMILES string of the molecule is CCCCCCC/C=C/CCOC(=O)c1ccc(O)cc1. The van der Waals surface area contributed by atoms with Crippen LogP contribution in [0.5, 0.6) is 5.75 Å². The first-order chi connectivity index (χ1) is 10.2. The third-order valence-corrected chi connectivity index (χ3v) is 3.26. The predicted molar refractivity (Wildman–Crippen MR) is 85.5 cm³/mol. The summed E-state index contributed by atoms with van der Waals surface area (Å²) in [6.07, 6.45) is 12.6. The van der Waals surface area contributed by atoms with Gasteiger partial charge in [0.05, 0.1) is 12.2 Å². The van der Waals surface area contributed by atoms with Crippen molar-refractivity contribution in [2.45, 2.75) is 51.9 Å². The number of carbonyl (C=O) groups excluding carboxylic acids is 1. The van der Waals surface area contributed by atoms with Crippen molar-refractivity contribution in [3.8, 4) is 5.75 Å². The van der Waals surface area contributed by atoms with E-state index >= 15 is 0 Å². The van der Waals surface area contributed by atoms with Gasteiger partial charge >= 0.3 is 5.97 Å². The van der Waals surface area contributed by atoms with Crippen molar-refractivity contribution < 1.29 is 14.6 Å². The van der Waals surface area contributed by atoms with E-state index in [1.54, 1.807) is 12.1 Å². The molecule has 1 aromatic carbocycles. The first kappa shape index (κ1) is 17.3. The highest BCUT2D eigenvalue weighted by atomic mass is 16.5. The molecule has 0 atom stereocenters. The van der Waals surface area contributed by atoms with E-state index in [9.17, 15) is 4.79 Å². The van der Waals surface area contributed by atoms with Crippen molar-refractivity contribution in [1.29, 1.82) is 0 Å². The van der Waals surface area contributed by atoms with E-state index in [0.717, 1.165) is 12.8 Å². The van der Waals surface area contributed by atoms with Crippen LogP contribution in [0.25, 0.3) is 0 Å². The second-order valence-electron chi connectivity index (χ2n) is 5.15. The van der Waals surface area contributed by atoms with Crippen LogP contribution >= 0.6 is 0 Å². The van der Waals surface area contributed by atoms with Crippen LogP contribution in [0.2, 0.25) is 0 Å². The first-order valence-corrected chi connectivity index (χ1v) is 7.85. The van der Waals surface area contributed by atoms with Crippen molar-refractivity contribution in [3.05, 3.63) is 42.0 Å². The van der Waals surface area contributed by atoms with Crippen molar-refractivity contribution >= 4 is 5.97 Å². The van der Waals surface area contributed by atoms with Crippen LogP contribution in [0.3, 0.4) is 0 Å². The molecular formula is C18H26O3. The Balaban J connectivity index is 2.05. The Kier molecular flexibility index (Phi) is 9.01. The minimum atomic E-state index is -0.344. The molecule has 1 rings (SSSR count). The molecule has 3 heteroatoms. The largest absolute Gasteiger partial charge is 0.508 e. The van der Waals surface area contributed by atoms with Gasteiger partial charge < -0.3 is 9.84 Å². The third kappa shape index (κ3) is 8.18. The average molecular weight is 290 g/mol. The lowest BCUT2D eigenvalue weighted by Gasteiger charge is -2.03. The molecule has 0 aromatic heterocycles. The summed E-state index contributed by atoms with van der Waals surface area (Å²) in [5.74, 6) is -0.198. The number of aromatic hydroxyl groups is 1. The second kappa shape index (κ2) is 11.0. The fourth-order valence-corrected chi connectivity index (χ4v) is 2.00. The fraction of sp³-hybridized carbons (Fsp3) is 0.500. The summed E-state index contributed by atoms with van der Waals surface area (Å²) in [4.78, 5) is 11.7. The maximum atomic E-state index is 11.7. The summed E-state index contributed by atoms with van der Waals surface area (Å²) in [6, 6.07) is 6.08. The molecule has 116 valence electrons. The number of phenols is 1.